The molecule has 5 rings (SSSR count). The summed E-state index contributed by atoms with van der Waals surface area (Å²) in [6, 6.07) is 10.2. The molecule has 7 N–H and O–H groups in total. The van der Waals surface area contributed by atoms with Gasteiger partial charge in [0, 0.05) is 36.5 Å². The highest BCUT2D eigenvalue weighted by molar-refractivity contribution is 5.97. The Morgan fingerprint density at radius 3 is 2.04 bits per heavy atom. The number of benzene rings is 2. The maximum atomic E-state index is 14.2. The largest absolute Gasteiger partial charge is 0.497 e. The van der Waals surface area contributed by atoms with Crippen molar-refractivity contribution in [3.63, 3.8) is 0 Å². The molecule has 0 saturated carbocycles. The van der Waals surface area contributed by atoms with Crippen molar-refractivity contribution in [1.82, 2.24) is 41.8 Å². The Hall–Kier alpha value is -5.93. The average molecular weight is 731 g/mol. The minimum Gasteiger partial charge on any atom is -0.497 e. The van der Waals surface area contributed by atoms with E-state index in [9.17, 15) is 33.6 Å². The Morgan fingerprint density at radius 2 is 1.36 bits per heavy atom. The molecular weight excluding hydrogens is 684 g/mol. The number of aromatic amines is 1. The summed E-state index contributed by atoms with van der Waals surface area (Å²) in [5.41, 5.74) is 2.28. The maximum Gasteiger partial charge on any atom is 0.246 e. The number of para-hydroxylation sites is 1. The van der Waals surface area contributed by atoms with Gasteiger partial charge in [-0.15, -0.1) is 0 Å². The number of nitrogens with zero attached hydrogens (tertiary/aromatic N) is 1. The van der Waals surface area contributed by atoms with Crippen molar-refractivity contribution in [2.75, 3.05) is 33.3 Å². The second-order valence-corrected chi connectivity index (χ2v) is 13.5. The first-order chi connectivity index (χ1) is 25.4. The molecule has 3 aromatic rings. The first-order valence-electron chi connectivity index (χ1n) is 17.6. The van der Waals surface area contributed by atoms with E-state index in [1.165, 1.54) is 12.0 Å². The van der Waals surface area contributed by atoms with Crippen molar-refractivity contribution in [3.8, 4) is 5.75 Å². The lowest BCUT2D eigenvalue weighted by atomic mass is 10.0. The van der Waals surface area contributed by atoms with Gasteiger partial charge in [0.05, 0.1) is 26.7 Å². The highest BCUT2D eigenvalue weighted by Crippen LogP contribution is 2.23. The second-order valence-electron chi connectivity index (χ2n) is 13.5. The molecule has 0 bridgehead atoms. The quantitative estimate of drug-likeness (QED) is 0.174. The minimum absolute atomic E-state index is 0.0425. The summed E-state index contributed by atoms with van der Waals surface area (Å²) >= 11 is 0. The average Bonchev–Trinajstić information content (AvgIpc) is 3.81. The zero-order valence-corrected chi connectivity index (χ0v) is 30.0. The number of carbonyl (C=O) groups excluding carboxylic acids is 7. The van der Waals surface area contributed by atoms with E-state index in [2.05, 4.69) is 36.9 Å². The Bertz CT molecular complexity index is 1840. The molecule has 7 amide bonds. The van der Waals surface area contributed by atoms with E-state index in [0.29, 0.717) is 24.2 Å². The third-order valence-corrected chi connectivity index (χ3v) is 9.36. The molecule has 2 aliphatic heterocycles. The molecule has 282 valence electrons. The normalized spacial score (nSPS) is 22.9. The molecule has 16 heteroatoms. The summed E-state index contributed by atoms with van der Waals surface area (Å²) in [5.74, 6) is -4.14. The number of hydrogen-bond donors (Lipinski definition) is 7. The van der Waals surface area contributed by atoms with Crippen LogP contribution in [0.15, 0.2) is 54.7 Å². The van der Waals surface area contributed by atoms with E-state index in [-0.39, 0.29) is 25.3 Å². The molecule has 0 spiro atoms. The standard InChI is InChI=1S/C37H46N8O8/c1-21(2)33-36(51)41-19-30(46)42-27(15-22-10-12-24(53-3)13-11-22)34(49)39-18-31(47)43-28(16-23-17-38-26-8-5-4-7-25(23)26)37(52)45-14-6-9-29(45)35(50)40-20-32(48)44-33/h4-5,7-8,10-13,17,21,27-29,33,38H,6,9,14-16,18-20H2,1-3H3,(H,39,49)(H,40,50)(H,41,51)(H,42,46)(H,43,47)(H,44,48). The molecule has 53 heavy (non-hydrogen) atoms. The van der Waals surface area contributed by atoms with E-state index >= 15 is 0 Å². The molecule has 3 heterocycles. The van der Waals surface area contributed by atoms with E-state index in [1.54, 1.807) is 44.3 Å². The van der Waals surface area contributed by atoms with Crippen molar-refractivity contribution in [2.24, 2.45) is 5.92 Å². The fourth-order valence-corrected chi connectivity index (χ4v) is 6.53. The predicted octanol–water partition coefficient (Wildman–Crippen LogP) is -0.575. The third-order valence-electron chi connectivity index (χ3n) is 9.36. The number of ether oxygens (including phenoxy) is 1. The monoisotopic (exact) mass is 730 g/mol. The molecule has 1 aromatic heterocycles. The first kappa shape index (κ1) is 38.3. The number of methoxy groups -OCH3 is 1. The first-order valence-corrected chi connectivity index (χ1v) is 17.6. The van der Waals surface area contributed by atoms with Crippen molar-refractivity contribution < 1.29 is 38.3 Å². The number of rotatable bonds is 6. The molecule has 2 saturated heterocycles. The van der Waals surface area contributed by atoms with Crippen molar-refractivity contribution >= 4 is 52.3 Å². The van der Waals surface area contributed by atoms with Gasteiger partial charge in [0.25, 0.3) is 0 Å². The van der Waals surface area contributed by atoms with Gasteiger partial charge in [-0.05, 0) is 48.1 Å². The number of fused-ring (bicyclic) bond motifs is 2. The highest BCUT2D eigenvalue weighted by atomic mass is 16.5. The molecule has 16 nitrogen and oxygen atoms in total. The number of hydrogen-bond acceptors (Lipinski definition) is 8. The Labute approximate surface area is 306 Å². The van der Waals surface area contributed by atoms with E-state index in [4.69, 9.17) is 4.74 Å². The summed E-state index contributed by atoms with van der Waals surface area (Å²) in [6.45, 7) is 2.20. The van der Waals surface area contributed by atoms with Crippen LogP contribution in [0.5, 0.6) is 5.75 Å². The van der Waals surface area contributed by atoms with Crippen molar-refractivity contribution in [3.05, 3.63) is 65.9 Å². The lowest BCUT2D eigenvalue weighted by Crippen LogP contribution is -2.56. The van der Waals surface area contributed by atoms with Gasteiger partial charge in [-0.25, -0.2) is 0 Å². The lowest BCUT2D eigenvalue weighted by Gasteiger charge is -2.29. The van der Waals surface area contributed by atoms with Crippen LogP contribution in [0.4, 0.5) is 0 Å². The van der Waals surface area contributed by atoms with Crippen LogP contribution in [0.1, 0.15) is 37.8 Å². The number of carbonyl (C=O) groups is 7. The van der Waals surface area contributed by atoms with Crippen LogP contribution in [0, 0.1) is 5.92 Å². The van der Waals surface area contributed by atoms with Gasteiger partial charge >= 0.3 is 0 Å². The summed E-state index contributed by atoms with van der Waals surface area (Å²) in [7, 11) is 1.52. The molecule has 2 aliphatic rings. The highest BCUT2D eigenvalue weighted by Gasteiger charge is 2.38. The zero-order chi connectivity index (χ0) is 38.1. The Balaban J connectivity index is 1.42. The van der Waals surface area contributed by atoms with Gasteiger partial charge < -0.3 is 46.5 Å². The minimum atomic E-state index is -1.15. The fourth-order valence-electron chi connectivity index (χ4n) is 6.53. The smallest absolute Gasteiger partial charge is 0.246 e. The maximum absolute atomic E-state index is 14.2. The van der Waals surface area contributed by atoms with Crippen LogP contribution < -0.4 is 36.6 Å². The molecular formula is C37H46N8O8. The summed E-state index contributed by atoms with van der Waals surface area (Å²) in [6.07, 6.45) is 2.76. The second kappa shape index (κ2) is 17.5. The van der Waals surface area contributed by atoms with Crippen LogP contribution in [-0.2, 0) is 46.4 Å². The van der Waals surface area contributed by atoms with Crippen LogP contribution in [0.3, 0.4) is 0 Å². The molecule has 0 aliphatic carbocycles. The SMILES string of the molecule is COc1ccc(CC2NC(=O)CNC(=O)C(C(C)C)NC(=O)CNC(=O)C3CCCN3C(=O)C(Cc3c[nH]c4ccccc34)NC(=O)CNC2=O)cc1. The van der Waals surface area contributed by atoms with Crippen LogP contribution in [-0.4, -0.2) is 109 Å². The zero-order valence-electron chi connectivity index (χ0n) is 30.0. The van der Waals surface area contributed by atoms with Crippen LogP contribution in [0.25, 0.3) is 10.9 Å². The number of H-pyrrole nitrogens is 1. The van der Waals surface area contributed by atoms with Gasteiger partial charge in [0.15, 0.2) is 0 Å². The van der Waals surface area contributed by atoms with Crippen molar-refractivity contribution in [1.29, 1.82) is 0 Å². The molecule has 4 atom stereocenters. The lowest BCUT2D eigenvalue weighted by molar-refractivity contribution is -0.141. The van der Waals surface area contributed by atoms with Gasteiger partial charge in [-0.3, -0.25) is 33.6 Å². The van der Waals surface area contributed by atoms with Gasteiger partial charge in [-0.2, -0.15) is 0 Å². The summed E-state index contributed by atoms with van der Waals surface area (Å²) < 4.78 is 5.21. The molecule has 0 radical (unpaired) electrons. The van der Waals surface area contributed by atoms with Gasteiger partial charge in [0.1, 0.15) is 29.9 Å². The number of amides is 7. The molecule has 2 aromatic carbocycles. The van der Waals surface area contributed by atoms with Crippen molar-refractivity contribution in [2.45, 2.75) is 63.7 Å². The van der Waals surface area contributed by atoms with E-state index in [0.717, 1.165) is 16.5 Å². The topological polar surface area (TPSA) is 220 Å². The molecule has 2 fully saturated rings. The van der Waals surface area contributed by atoms with Crippen LogP contribution >= 0.6 is 0 Å². The number of nitrogens with one attached hydrogen (secondary N) is 7. The fraction of sp³-hybridized carbons (Fsp3) is 0.432. The summed E-state index contributed by atoms with van der Waals surface area (Å²) in [4.78, 5) is 98.1. The third kappa shape index (κ3) is 9.90. The Kier molecular flexibility index (Phi) is 12.7. The van der Waals surface area contributed by atoms with E-state index < -0.39 is 85.2 Å². The van der Waals surface area contributed by atoms with Gasteiger partial charge in [0.2, 0.25) is 41.4 Å². The summed E-state index contributed by atoms with van der Waals surface area (Å²) in [5, 5.41) is 16.5. The Morgan fingerprint density at radius 1 is 0.736 bits per heavy atom. The number of aromatic nitrogens is 1. The van der Waals surface area contributed by atoms with Gasteiger partial charge in [-0.1, -0.05) is 44.2 Å². The predicted molar refractivity (Wildman–Crippen MR) is 193 cm³/mol. The molecule has 4 unspecified atom stereocenters. The van der Waals surface area contributed by atoms with E-state index in [1.807, 2.05) is 24.3 Å². The van der Waals surface area contributed by atoms with Crippen LogP contribution in [0.2, 0.25) is 0 Å².